The molecule has 4 heteroatoms. The average Bonchev–Trinajstić information content (AvgIpc) is 2.63. The first-order chi connectivity index (χ1) is 11.8. The zero-order valence-electron chi connectivity index (χ0n) is 15.1. The Labute approximate surface area is 147 Å². The number of rotatable bonds is 7. The fraction of sp³-hybridized carbons (Fsp3) is 0.700. The van der Waals surface area contributed by atoms with E-state index in [1.165, 1.54) is 44.5 Å². The van der Waals surface area contributed by atoms with Gasteiger partial charge < -0.3 is 15.0 Å². The number of nitrogens with zero attached hydrogens (tertiary/aromatic N) is 2. The minimum atomic E-state index is 0.573. The molecule has 3 rings (SSSR count). The number of ether oxygens (including phenoxy) is 1. The summed E-state index contributed by atoms with van der Waals surface area (Å²) in [6, 6.07) is 12.1. The summed E-state index contributed by atoms with van der Waals surface area (Å²) >= 11 is 0. The third-order valence-electron chi connectivity index (χ3n) is 5.30. The highest BCUT2D eigenvalue weighted by molar-refractivity contribution is 5.14. The molecule has 1 unspecified atom stereocenters. The Hall–Kier alpha value is -0.940. The zero-order chi connectivity index (χ0) is 16.6. The van der Waals surface area contributed by atoms with E-state index in [4.69, 9.17) is 4.74 Å². The first-order valence-corrected chi connectivity index (χ1v) is 9.62. The molecule has 0 saturated carbocycles. The summed E-state index contributed by atoms with van der Waals surface area (Å²) in [5.41, 5.74) is 1.46. The number of likely N-dealkylation sites (tertiary alicyclic amines) is 1. The molecule has 2 fully saturated rings. The lowest BCUT2D eigenvalue weighted by atomic mass is 10.0. The van der Waals surface area contributed by atoms with E-state index in [0.717, 1.165) is 32.8 Å². The minimum absolute atomic E-state index is 0.573. The molecule has 2 aliphatic rings. The first kappa shape index (κ1) is 17.9. The van der Waals surface area contributed by atoms with Crippen molar-refractivity contribution in [1.29, 1.82) is 0 Å². The van der Waals surface area contributed by atoms with E-state index < -0.39 is 0 Å². The molecular weight excluding hydrogens is 298 g/mol. The highest BCUT2D eigenvalue weighted by atomic mass is 16.5. The molecule has 134 valence electrons. The molecule has 2 aliphatic heterocycles. The number of piperidine rings is 1. The van der Waals surface area contributed by atoms with E-state index in [0.29, 0.717) is 12.1 Å². The van der Waals surface area contributed by atoms with Crippen LogP contribution in [0.5, 0.6) is 0 Å². The summed E-state index contributed by atoms with van der Waals surface area (Å²) in [6.45, 7) is 11.1. The summed E-state index contributed by atoms with van der Waals surface area (Å²) < 4.78 is 5.43. The van der Waals surface area contributed by atoms with Crippen molar-refractivity contribution in [2.45, 2.75) is 38.3 Å². The van der Waals surface area contributed by atoms with Crippen LogP contribution in [0.15, 0.2) is 30.3 Å². The molecule has 0 aromatic heterocycles. The Morgan fingerprint density at radius 3 is 2.46 bits per heavy atom. The fourth-order valence-corrected chi connectivity index (χ4v) is 3.88. The number of hydrogen-bond acceptors (Lipinski definition) is 4. The SMILES string of the molecule is CC(CN1CCOCC1)NC1CCN(CCc2ccccc2)CC1. The van der Waals surface area contributed by atoms with Gasteiger partial charge in [0.1, 0.15) is 0 Å². The predicted octanol–water partition coefficient (Wildman–Crippen LogP) is 2.00. The molecule has 0 radical (unpaired) electrons. The van der Waals surface area contributed by atoms with Crippen molar-refractivity contribution in [3.05, 3.63) is 35.9 Å². The van der Waals surface area contributed by atoms with Gasteiger partial charge >= 0.3 is 0 Å². The molecule has 1 atom stereocenters. The average molecular weight is 332 g/mol. The van der Waals surface area contributed by atoms with E-state index in [-0.39, 0.29) is 0 Å². The Bertz CT molecular complexity index is 453. The molecule has 0 bridgehead atoms. The van der Waals surface area contributed by atoms with Crippen molar-refractivity contribution < 1.29 is 4.74 Å². The van der Waals surface area contributed by atoms with E-state index in [9.17, 15) is 0 Å². The second kappa shape index (κ2) is 9.52. The normalized spacial score (nSPS) is 22.5. The molecule has 2 heterocycles. The van der Waals surface area contributed by atoms with Crippen molar-refractivity contribution in [2.24, 2.45) is 0 Å². The van der Waals surface area contributed by atoms with Gasteiger partial charge in [0.15, 0.2) is 0 Å². The fourth-order valence-electron chi connectivity index (χ4n) is 3.88. The highest BCUT2D eigenvalue weighted by Gasteiger charge is 2.21. The van der Waals surface area contributed by atoms with Crippen molar-refractivity contribution in [3.63, 3.8) is 0 Å². The van der Waals surface area contributed by atoms with Crippen molar-refractivity contribution in [1.82, 2.24) is 15.1 Å². The molecule has 1 aromatic carbocycles. The van der Waals surface area contributed by atoms with Crippen LogP contribution in [0.2, 0.25) is 0 Å². The second-order valence-electron chi connectivity index (χ2n) is 7.33. The van der Waals surface area contributed by atoms with Crippen LogP contribution >= 0.6 is 0 Å². The van der Waals surface area contributed by atoms with Gasteiger partial charge in [-0.3, -0.25) is 4.90 Å². The van der Waals surface area contributed by atoms with E-state index in [1.807, 2.05) is 0 Å². The molecule has 1 aromatic rings. The van der Waals surface area contributed by atoms with Crippen LogP contribution in [0.25, 0.3) is 0 Å². The van der Waals surface area contributed by atoms with Gasteiger partial charge in [-0.2, -0.15) is 0 Å². The molecule has 4 nitrogen and oxygen atoms in total. The maximum atomic E-state index is 5.43. The smallest absolute Gasteiger partial charge is 0.0594 e. The Balaban J connectivity index is 1.31. The Morgan fingerprint density at radius 2 is 1.75 bits per heavy atom. The summed E-state index contributed by atoms with van der Waals surface area (Å²) in [7, 11) is 0. The molecule has 1 N–H and O–H groups in total. The number of nitrogens with one attached hydrogen (secondary N) is 1. The predicted molar refractivity (Wildman–Crippen MR) is 99.5 cm³/mol. The zero-order valence-corrected chi connectivity index (χ0v) is 15.1. The van der Waals surface area contributed by atoms with E-state index in [1.54, 1.807) is 0 Å². The lowest BCUT2D eigenvalue weighted by Crippen LogP contribution is -2.50. The van der Waals surface area contributed by atoms with Crippen LogP contribution in [-0.4, -0.2) is 74.4 Å². The van der Waals surface area contributed by atoms with Gasteiger partial charge in [0.25, 0.3) is 0 Å². The van der Waals surface area contributed by atoms with Crippen molar-refractivity contribution in [2.75, 3.05) is 52.5 Å². The number of hydrogen-bond donors (Lipinski definition) is 1. The summed E-state index contributed by atoms with van der Waals surface area (Å²) in [5, 5.41) is 3.85. The van der Waals surface area contributed by atoms with Crippen LogP contribution in [0.3, 0.4) is 0 Å². The molecule has 24 heavy (non-hydrogen) atoms. The quantitative estimate of drug-likeness (QED) is 0.827. The van der Waals surface area contributed by atoms with Crippen LogP contribution in [0.4, 0.5) is 0 Å². The van der Waals surface area contributed by atoms with Crippen molar-refractivity contribution in [3.8, 4) is 0 Å². The number of benzene rings is 1. The maximum Gasteiger partial charge on any atom is 0.0594 e. The van der Waals surface area contributed by atoms with Gasteiger partial charge in [0.05, 0.1) is 13.2 Å². The third-order valence-corrected chi connectivity index (χ3v) is 5.30. The lowest BCUT2D eigenvalue weighted by molar-refractivity contribution is 0.0332. The Morgan fingerprint density at radius 1 is 1.04 bits per heavy atom. The largest absolute Gasteiger partial charge is 0.379 e. The molecule has 0 aliphatic carbocycles. The maximum absolute atomic E-state index is 5.43. The van der Waals surface area contributed by atoms with Crippen LogP contribution in [0, 0.1) is 0 Å². The van der Waals surface area contributed by atoms with Crippen molar-refractivity contribution >= 4 is 0 Å². The standard InChI is InChI=1S/C20H33N3O/c1-18(17-23-13-15-24-16-14-23)21-20-8-11-22(12-9-20)10-7-19-5-3-2-4-6-19/h2-6,18,20-21H,7-17H2,1H3. The van der Waals surface area contributed by atoms with Gasteiger partial charge in [0.2, 0.25) is 0 Å². The van der Waals surface area contributed by atoms with E-state index >= 15 is 0 Å². The molecule has 0 spiro atoms. The van der Waals surface area contributed by atoms with Gasteiger partial charge in [0, 0.05) is 38.3 Å². The molecule has 0 amide bonds. The van der Waals surface area contributed by atoms with Gasteiger partial charge in [-0.05, 0) is 44.8 Å². The summed E-state index contributed by atoms with van der Waals surface area (Å²) in [6.07, 6.45) is 3.73. The van der Waals surface area contributed by atoms with Crippen LogP contribution in [0.1, 0.15) is 25.3 Å². The van der Waals surface area contributed by atoms with Crippen LogP contribution in [-0.2, 0) is 11.2 Å². The summed E-state index contributed by atoms with van der Waals surface area (Å²) in [4.78, 5) is 5.15. The Kier molecular flexibility index (Phi) is 7.09. The summed E-state index contributed by atoms with van der Waals surface area (Å²) in [5.74, 6) is 0. The monoisotopic (exact) mass is 331 g/mol. The highest BCUT2D eigenvalue weighted by Crippen LogP contribution is 2.12. The van der Waals surface area contributed by atoms with Gasteiger partial charge in [-0.15, -0.1) is 0 Å². The van der Waals surface area contributed by atoms with Crippen LogP contribution < -0.4 is 5.32 Å². The molecule has 2 saturated heterocycles. The number of morpholine rings is 1. The van der Waals surface area contributed by atoms with E-state index in [2.05, 4.69) is 52.4 Å². The first-order valence-electron chi connectivity index (χ1n) is 9.62. The molecular formula is C20H33N3O. The van der Waals surface area contributed by atoms with Gasteiger partial charge in [-0.25, -0.2) is 0 Å². The minimum Gasteiger partial charge on any atom is -0.379 e. The third kappa shape index (κ3) is 5.85. The lowest BCUT2D eigenvalue weighted by Gasteiger charge is -2.35. The second-order valence-corrected chi connectivity index (χ2v) is 7.33. The topological polar surface area (TPSA) is 27.7 Å². The van der Waals surface area contributed by atoms with Gasteiger partial charge in [-0.1, -0.05) is 30.3 Å².